The fraction of sp³-hybridized carbons (Fsp3) is 0.133. The summed E-state index contributed by atoms with van der Waals surface area (Å²) in [4.78, 5) is 10.5. The lowest BCUT2D eigenvalue weighted by Gasteiger charge is -2.16. The van der Waals surface area contributed by atoms with Gasteiger partial charge in [-0.3, -0.25) is 4.79 Å². The molecule has 0 saturated carbocycles. The van der Waals surface area contributed by atoms with Crippen LogP contribution in [0.4, 0.5) is 26.3 Å². The number of ether oxygens (including phenoxy) is 1. The Hall–Kier alpha value is -2.51. The Balaban J connectivity index is 2.38. The highest BCUT2D eigenvalue weighted by molar-refractivity contribution is 5.74. The third kappa shape index (κ3) is 4.02. The molecule has 2 nitrogen and oxygen atoms in total. The van der Waals surface area contributed by atoms with Crippen LogP contribution in [0.2, 0.25) is 0 Å². The number of benzene rings is 2. The van der Waals surface area contributed by atoms with Crippen molar-refractivity contribution in [1.82, 2.24) is 0 Å². The van der Waals surface area contributed by atoms with Crippen molar-refractivity contribution >= 4 is 6.29 Å². The molecule has 0 spiro atoms. The molecule has 0 fully saturated rings. The minimum Gasteiger partial charge on any atom is -0.457 e. The van der Waals surface area contributed by atoms with E-state index in [1.54, 1.807) is 0 Å². The summed E-state index contributed by atoms with van der Waals surface area (Å²) in [6.07, 6.45) is -9.75. The summed E-state index contributed by atoms with van der Waals surface area (Å²) in [5.41, 5.74) is -3.29. The lowest BCUT2D eigenvalue weighted by molar-refractivity contribution is -0.162. The molecule has 0 bridgehead atoms. The molecule has 23 heavy (non-hydrogen) atoms. The van der Waals surface area contributed by atoms with Gasteiger partial charge >= 0.3 is 12.4 Å². The molecule has 0 aliphatic carbocycles. The number of hydrogen-bond acceptors (Lipinski definition) is 2. The molecule has 2 aromatic rings. The van der Waals surface area contributed by atoms with Crippen molar-refractivity contribution in [3.63, 3.8) is 0 Å². The smallest absolute Gasteiger partial charge is 0.417 e. The van der Waals surface area contributed by atoms with Crippen LogP contribution in [0.15, 0.2) is 42.5 Å². The van der Waals surface area contributed by atoms with Crippen molar-refractivity contribution in [3.05, 3.63) is 59.2 Å². The van der Waals surface area contributed by atoms with Crippen LogP contribution in [0.1, 0.15) is 21.5 Å². The van der Waals surface area contributed by atoms with Crippen molar-refractivity contribution in [2.45, 2.75) is 12.4 Å². The number of alkyl halides is 6. The maximum absolute atomic E-state index is 12.8. The third-order valence-corrected chi connectivity index (χ3v) is 2.85. The fourth-order valence-corrected chi connectivity index (χ4v) is 1.82. The lowest BCUT2D eigenvalue weighted by atomic mass is 10.1. The van der Waals surface area contributed by atoms with E-state index in [9.17, 15) is 31.1 Å². The molecule has 0 unspecified atom stereocenters. The number of carbonyl (C=O) groups excluding carboxylic acids is 1. The zero-order valence-corrected chi connectivity index (χ0v) is 11.2. The summed E-state index contributed by atoms with van der Waals surface area (Å²) in [6, 6.07) is 6.75. The average molecular weight is 334 g/mol. The van der Waals surface area contributed by atoms with Gasteiger partial charge < -0.3 is 4.74 Å². The Morgan fingerprint density at radius 2 is 1.26 bits per heavy atom. The van der Waals surface area contributed by atoms with Gasteiger partial charge in [-0.05, 0) is 42.5 Å². The van der Waals surface area contributed by atoms with Crippen molar-refractivity contribution in [3.8, 4) is 11.5 Å². The summed E-state index contributed by atoms with van der Waals surface area (Å²) >= 11 is 0. The highest BCUT2D eigenvalue weighted by atomic mass is 19.4. The first-order valence-electron chi connectivity index (χ1n) is 6.13. The number of carbonyl (C=O) groups is 1. The van der Waals surface area contributed by atoms with E-state index >= 15 is 0 Å². The zero-order valence-electron chi connectivity index (χ0n) is 11.2. The van der Waals surface area contributed by atoms with Crippen molar-refractivity contribution in [1.29, 1.82) is 0 Å². The van der Waals surface area contributed by atoms with E-state index in [0.29, 0.717) is 17.9 Å². The maximum Gasteiger partial charge on any atom is 0.417 e. The van der Waals surface area contributed by atoms with Crippen LogP contribution in [0.3, 0.4) is 0 Å². The minimum absolute atomic E-state index is 0.0866. The van der Waals surface area contributed by atoms with Crippen LogP contribution in [0.5, 0.6) is 11.5 Å². The average Bonchev–Trinajstić information content (AvgIpc) is 2.46. The van der Waals surface area contributed by atoms with E-state index in [4.69, 9.17) is 4.74 Å². The van der Waals surface area contributed by atoms with Crippen LogP contribution in [-0.4, -0.2) is 6.29 Å². The standard InChI is InChI=1S/C15H8F6O2/c16-14(17,18)12-6-5-11(7-13(12)15(19,20)21)23-10-3-1-9(8-22)2-4-10/h1-8H. The number of halogens is 6. The molecule has 0 aliphatic heterocycles. The molecule has 2 aromatic carbocycles. The summed E-state index contributed by atoms with van der Waals surface area (Å²) in [6.45, 7) is 0. The number of aldehydes is 1. The molecule has 0 aromatic heterocycles. The first-order chi connectivity index (χ1) is 10.6. The molecule has 0 atom stereocenters. The van der Waals surface area contributed by atoms with Crippen LogP contribution in [0, 0.1) is 0 Å². The summed E-state index contributed by atoms with van der Waals surface area (Å²) in [5.74, 6) is -0.312. The van der Waals surface area contributed by atoms with Crippen LogP contribution in [-0.2, 0) is 12.4 Å². The van der Waals surface area contributed by atoms with E-state index in [0.717, 1.165) is 6.07 Å². The van der Waals surface area contributed by atoms with E-state index in [1.807, 2.05) is 0 Å². The largest absolute Gasteiger partial charge is 0.457 e. The van der Waals surface area contributed by atoms with Gasteiger partial charge in [0.1, 0.15) is 17.8 Å². The first kappa shape index (κ1) is 16.9. The molecule has 0 heterocycles. The Kier molecular flexibility index (Phi) is 4.35. The Bertz CT molecular complexity index is 701. The van der Waals surface area contributed by atoms with Gasteiger partial charge in [0, 0.05) is 5.56 Å². The number of rotatable bonds is 3. The van der Waals surface area contributed by atoms with Gasteiger partial charge in [0.2, 0.25) is 0 Å². The SMILES string of the molecule is O=Cc1ccc(Oc2ccc(C(F)(F)F)c(C(F)(F)F)c2)cc1. The van der Waals surface area contributed by atoms with Gasteiger partial charge in [-0.15, -0.1) is 0 Å². The monoisotopic (exact) mass is 334 g/mol. The predicted molar refractivity (Wildman–Crippen MR) is 68.3 cm³/mol. The lowest BCUT2D eigenvalue weighted by Crippen LogP contribution is -2.16. The van der Waals surface area contributed by atoms with Gasteiger partial charge in [0.15, 0.2) is 0 Å². The van der Waals surface area contributed by atoms with Crippen molar-refractivity contribution in [2.75, 3.05) is 0 Å². The molecule has 0 aliphatic rings. The Morgan fingerprint density at radius 1 is 0.739 bits per heavy atom. The Morgan fingerprint density at radius 3 is 1.74 bits per heavy atom. The topological polar surface area (TPSA) is 26.3 Å². The Labute approximate surface area is 126 Å². The molecule has 122 valence electrons. The molecule has 0 radical (unpaired) electrons. The summed E-state index contributed by atoms with van der Waals surface area (Å²) < 4.78 is 81.4. The zero-order chi connectivity index (χ0) is 17.3. The van der Waals surface area contributed by atoms with Crippen molar-refractivity contribution < 1.29 is 35.9 Å². The molecule has 0 N–H and O–H groups in total. The second kappa shape index (κ2) is 5.94. The molecular weight excluding hydrogens is 326 g/mol. The molecule has 0 amide bonds. The molecule has 2 rings (SSSR count). The maximum atomic E-state index is 12.8. The normalized spacial score (nSPS) is 12.1. The van der Waals surface area contributed by atoms with Gasteiger partial charge in [0.05, 0.1) is 11.1 Å². The van der Waals surface area contributed by atoms with Gasteiger partial charge in [0.25, 0.3) is 0 Å². The van der Waals surface area contributed by atoms with Gasteiger partial charge in [-0.1, -0.05) is 0 Å². The van der Waals surface area contributed by atoms with Crippen LogP contribution < -0.4 is 4.74 Å². The molecular formula is C15H8F6O2. The minimum atomic E-state index is -5.18. The summed E-state index contributed by atoms with van der Waals surface area (Å²) in [7, 11) is 0. The van der Waals surface area contributed by atoms with Gasteiger partial charge in [-0.2, -0.15) is 26.3 Å². The summed E-state index contributed by atoms with van der Waals surface area (Å²) in [5, 5.41) is 0. The van der Waals surface area contributed by atoms with Gasteiger partial charge in [-0.25, -0.2) is 0 Å². The quantitative estimate of drug-likeness (QED) is 0.560. The highest BCUT2D eigenvalue weighted by Crippen LogP contribution is 2.42. The first-order valence-corrected chi connectivity index (χ1v) is 6.13. The van der Waals surface area contributed by atoms with Crippen molar-refractivity contribution in [2.24, 2.45) is 0 Å². The predicted octanol–water partition coefficient (Wildman–Crippen LogP) is 5.33. The molecule has 0 saturated heterocycles. The van der Waals surface area contributed by atoms with E-state index in [-0.39, 0.29) is 11.8 Å². The van der Waals surface area contributed by atoms with E-state index in [1.165, 1.54) is 24.3 Å². The second-order valence-electron chi connectivity index (χ2n) is 4.49. The third-order valence-electron chi connectivity index (χ3n) is 2.85. The van der Waals surface area contributed by atoms with Crippen LogP contribution in [0.25, 0.3) is 0 Å². The van der Waals surface area contributed by atoms with Crippen LogP contribution >= 0.6 is 0 Å². The molecule has 8 heteroatoms. The fourth-order valence-electron chi connectivity index (χ4n) is 1.82. The van der Waals surface area contributed by atoms with E-state index in [2.05, 4.69) is 0 Å². The highest BCUT2D eigenvalue weighted by Gasteiger charge is 2.43. The second-order valence-corrected chi connectivity index (χ2v) is 4.49. The number of hydrogen-bond donors (Lipinski definition) is 0. The van der Waals surface area contributed by atoms with E-state index < -0.39 is 29.2 Å².